The van der Waals surface area contributed by atoms with Crippen molar-refractivity contribution in [3.8, 4) is 0 Å². The van der Waals surface area contributed by atoms with Gasteiger partial charge in [-0.15, -0.1) is 0 Å². The Morgan fingerprint density at radius 1 is 1.14 bits per heavy atom. The van der Waals surface area contributed by atoms with Gasteiger partial charge in [-0.25, -0.2) is 0 Å². The number of hydrogen-bond acceptors (Lipinski definition) is 5. The normalized spacial score (nSPS) is 9.93. The summed E-state index contributed by atoms with van der Waals surface area (Å²) in [6.45, 7) is 0. The van der Waals surface area contributed by atoms with Gasteiger partial charge in [0.1, 0.15) is 0 Å². The third kappa shape index (κ3) is 18.6. The molecule has 0 saturated carbocycles. The Kier molecular flexibility index (Phi) is 15.7. The van der Waals surface area contributed by atoms with E-state index in [2.05, 4.69) is 0 Å². The fourth-order valence-corrected chi connectivity index (χ4v) is 0. The number of halogens is 3. The molecule has 0 spiro atoms. The van der Waals surface area contributed by atoms with E-state index in [4.69, 9.17) is 28.0 Å². The second kappa shape index (κ2) is 9.09. The number of rotatable bonds is 0. The van der Waals surface area contributed by atoms with Crippen LogP contribution < -0.4 is 47.8 Å². The molecule has 6 nitrogen and oxygen atoms in total. The fraction of sp³-hybridized carbons (Fsp3) is 1.00. The SMILES string of the molecule is O=S(=O)(O)C(F)(F)F.[Li+].[Li+].[O-]B([O-])O. The molecular weight excluding hydrogens is 222 g/mol. The molecule has 0 aromatic rings. The molecule has 13 heteroatoms. The first-order valence-corrected chi connectivity index (χ1v) is 3.46. The summed E-state index contributed by atoms with van der Waals surface area (Å²) in [5, 5.41) is 24.0. The first-order chi connectivity index (χ1) is 4.98. The van der Waals surface area contributed by atoms with Crippen LogP contribution in [0, 0.1) is 0 Å². The van der Waals surface area contributed by atoms with Gasteiger partial charge in [-0.3, -0.25) is 4.55 Å². The van der Waals surface area contributed by atoms with Crippen LogP contribution in [0.4, 0.5) is 13.2 Å². The molecule has 0 heterocycles. The van der Waals surface area contributed by atoms with Crippen LogP contribution in [-0.4, -0.2) is 30.8 Å². The summed E-state index contributed by atoms with van der Waals surface area (Å²) in [5.41, 5.74) is -5.53. The van der Waals surface area contributed by atoms with E-state index >= 15 is 0 Å². The van der Waals surface area contributed by atoms with Gasteiger partial charge in [0.15, 0.2) is 0 Å². The van der Waals surface area contributed by atoms with E-state index in [1.54, 1.807) is 0 Å². The summed E-state index contributed by atoms with van der Waals surface area (Å²) in [5.74, 6) is 0. The van der Waals surface area contributed by atoms with Gasteiger partial charge in [-0.05, 0) is 0 Å². The zero-order valence-corrected chi connectivity index (χ0v) is 7.96. The molecule has 0 aromatic heterocycles. The largest absolute Gasteiger partial charge is 1.00 e. The Hall–Kier alpha value is 0.840. The fourth-order valence-electron chi connectivity index (χ4n) is 0. The Morgan fingerprint density at radius 2 is 1.21 bits per heavy atom. The van der Waals surface area contributed by atoms with E-state index in [1.807, 2.05) is 0 Å². The van der Waals surface area contributed by atoms with E-state index in [0.29, 0.717) is 0 Å². The van der Waals surface area contributed by atoms with Crippen LogP contribution in [-0.2, 0) is 10.1 Å². The van der Waals surface area contributed by atoms with E-state index in [1.165, 1.54) is 0 Å². The second-order valence-electron chi connectivity index (χ2n) is 1.23. The zero-order valence-electron chi connectivity index (χ0n) is 7.15. The molecule has 0 aromatic carbocycles. The van der Waals surface area contributed by atoms with Crippen LogP contribution in [0.15, 0.2) is 0 Å². The molecule has 0 radical (unpaired) electrons. The summed E-state index contributed by atoms with van der Waals surface area (Å²) >= 11 is 0. The van der Waals surface area contributed by atoms with Crippen LogP contribution in [0.25, 0.3) is 0 Å². The summed E-state index contributed by atoms with van der Waals surface area (Å²) in [6.07, 6.45) is 0. The van der Waals surface area contributed by atoms with Crippen LogP contribution in [0.1, 0.15) is 0 Å². The van der Waals surface area contributed by atoms with E-state index in [-0.39, 0.29) is 37.7 Å². The molecule has 0 saturated heterocycles. The summed E-state index contributed by atoms with van der Waals surface area (Å²) in [6, 6.07) is 0. The number of hydrogen-bond donors (Lipinski definition) is 2. The minimum atomic E-state index is -5.84. The molecule has 0 rings (SSSR count). The van der Waals surface area contributed by atoms with Gasteiger partial charge in [-0.1, -0.05) is 0 Å². The van der Waals surface area contributed by atoms with Crippen molar-refractivity contribution in [1.29, 1.82) is 0 Å². The maximum absolute atomic E-state index is 10.7. The van der Waals surface area contributed by atoms with Crippen molar-refractivity contribution in [2.45, 2.75) is 5.51 Å². The molecule has 0 atom stereocenters. The van der Waals surface area contributed by atoms with Gasteiger partial charge < -0.3 is 15.1 Å². The third-order valence-corrected chi connectivity index (χ3v) is 0.877. The van der Waals surface area contributed by atoms with Gasteiger partial charge in [0.2, 0.25) is 0 Å². The predicted molar refractivity (Wildman–Crippen MR) is 25.6 cm³/mol. The minimum absolute atomic E-state index is 0. The molecular formula is CH2BF3Li2O6S. The molecule has 0 unspecified atom stereocenters. The predicted octanol–water partition coefficient (Wildman–Crippen LogP) is -8.91. The van der Waals surface area contributed by atoms with Gasteiger partial charge in [-0.2, -0.15) is 21.6 Å². The third-order valence-electron chi connectivity index (χ3n) is 0.292. The van der Waals surface area contributed by atoms with Gasteiger partial charge in [0, 0.05) is 0 Å². The van der Waals surface area contributed by atoms with Crippen molar-refractivity contribution in [3.05, 3.63) is 0 Å². The Balaban J connectivity index is -0.0000000733. The average Bonchev–Trinajstić information content (AvgIpc) is 1.55. The molecule has 0 aliphatic rings. The molecule has 0 aliphatic carbocycles. The van der Waals surface area contributed by atoms with Crippen LogP contribution in [0.2, 0.25) is 0 Å². The Labute approximate surface area is 102 Å². The van der Waals surface area contributed by atoms with Gasteiger partial charge in [0.05, 0.1) is 7.32 Å². The topological polar surface area (TPSA) is 121 Å². The van der Waals surface area contributed by atoms with Crippen molar-refractivity contribution in [2.75, 3.05) is 0 Å². The van der Waals surface area contributed by atoms with E-state index < -0.39 is 22.9 Å². The molecule has 0 amide bonds. The Bertz CT molecular complexity index is 211. The summed E-state index contributed by atoms with van der Waals surface area (Å²) in [7, 11) is -8.51. The van der Waals surface area contributed by atoms with Crippen molar-refractivity contribution in [1.82, 2.24) is 0 Å². The first kappa shape index (κ1) is 24.2. The average molecular weight is 224 g/mol. The van der Waals surface area contributed by atoms with E-state index in [9.17, 15) is 13.2 Å². The Morgan fingerprint density at radius 3 is 1.21 bits per heavy atom. The van der Waals surface area contributed by atoms with Crippen molar-refractivity contribution in [3.63, 3.8) is 0 Å². The maximum Gasteiger partial charge on any atom is 1.00 e. The van der Waals surface area contributed by atoms with Crippen LogP contribution in [0.3, 0.4) is 0 Å². The quantitative estimate of drug-likeness (QED) is 0.239. The summed E-state index contributed by atoms with van der Waals surface area (Å²) in [4.78, 5) is 0. The monoisotopic (exact) mass is 224 g/mol. The second-order valence-corrected chi connectivity index (χ2v) is 2.64. The van der Waals surface area contributed by atoms with Crippen LogP contribution in [0.5, 0.6) is 0 Å². The minimum Gasteiger partial charge on any atom is -0.871 e. The smallest absolute Gasteiger partial charge is 0.871 e. The standard InChI is InChI=1S/CHF3O3S.BHO3.2Li/c2-1(3,4)8(5,6)7;2-1(3)4;;/h(H,5,6,7);2H;;/q;-2;2*+1. The van der Waals surface area contributed by atoms with Crippen molar-refractivity contribution >= 4 is 17.4 Å². The van der Waals surface area contributed by atoms with E-state index in [0.717, 1.165) is 0 Å². The molecule has 2 N–H and O–H groups in total. The van der Waals surface area contributed by atoms with Crippen LogP contribution >= 0.6 is 0 Å². The summed E-state index contributed by atoms with van der Waals surface area (Å²) < 4.78 is 57.5. The van der Waals surface area contributed by atoms with Crippen molar-refractivity contribution < 1.29 is 78.9 Å². The van der Waals surface area contributed by atoms with Crippen molar-refractivity contribution in [2.24, 2.45) is 0 Å². The first-order valence-electron chi connectivity index (χ1n) is 2.02. The zero-order chi connectivity index (χ0) is 10.6. The molecule has 14 heavy (non-hydrogen) atoms. The van der Waals surface area contributed by atoms with Gasteiger partial charge >= 0.3 is 53.3 Å². The molecule has 0 bridgehead atoms. The maximum atomic E-state index is 10.7. The number of alkyl halides is 3. The molecule has 74 valence electrons. The van der Waals surface area contributed by atoms with Gasteiger partial charge in [0.25, 0.3) is 0 Å². The molecule has 0 aliphatic heterocycles. The molecule has 0 fully saturated rings.